The Morgan fingerprint density at radius 2 is 2.19 bits per heavy atom. The SMILES string of the molecule is Cc1occc1C(=O)N1CC(O)(C(C)C)C1. The molecule has 0 saturated carbocycles. The molecular weight excluding hydrogens is 206 g/mol. The quantitative estimate of drug-likeness (QED) is 0.825. The number of amides is 1. The molecule has 0 aliphatic carbocycles. The average molecular weight is 223 g/mol. The van der Waals surface area contributed by atoms with E-state index in [0.29, 0.717) is 24.4 Å². The number of carbonyl (C=O) groups is 1. The molecule has 1 N–H and O–H groups in total. The second-order valence-electron chi connectivity index (χ2n) is 4.81. The van der Waals surface area contributed by atoms with Gasteiger partial charge in [0.25, 0.3) is 5.91 Å². The lowest BCUT2D eigenvalue weighted by atomic mass is 9.82. The minimum atomic E-state index is -0.715. The lowest BCUT2D eigenvalue weighted by Crippen LogP contribution is -2.65. The van der Waals surface area contributed by atoms with Crippen molar-refractivity contribution in [1.82, 2.24) is 4.90 Å². The van der Waals surface area contributed by atoms with E-state index in [1.807, 2.05) is 13.8 Å². The van der Waals surface area contributed by atoms with Crippen LogP contribution in [0.5, 0.6) is 0 Å². The molecular formula is C12H17NO3. The second kappa shape index (κ2) is 3.63. The number of rotatable bonds is 2. The van der Waals surface area contributed by atoms with Crippen molar-refractivity contribution in [2.75, 3.05) is 13.1 Å². The van der Waals surface area contributed by atoms with E-state index in [1.54, 1.807) is 17.9 Å². The molecule has 4 heteroatoms. The molecule has 2 heterocycles. The highest BCUT2D eigenvalue weighted by Crippen LogP contribution is 2.30. The molecule has 1 saturated heterocycles. The third-order valence-electron chi connectivity index (χ3n) is 3.38. The predicted molar refractivity (Wildman–Crippen MR) is 59.1 cm³/mol. The van der Waals surface area contributed by atoms with E-state index in [0.717, 1.165) is 0 Å². The summed E-state index contributed by atoms with van der Waals surface area (Å²) in [5.74, 6) is 0.739. The standard InChI is InChI=1S/C12H17NO3/c1-8(2)12(15)6-13(7-12)11(14)10-4-5-16-9(10)3/h4-5,8,15H,6-7H2,1-3H3. The highest BCUT2D eigenvalue weighted by molar-refractivity contribution is 5.95. The third kappa shape index (κ3) is 1.63. The summed E-state index contributed by atoms with van der Waals surface area (Å²) in [5, 5.41) is 10.1. The molecule has 0 bridgehead atoms. The van der Waals surface area contributed by atoms with Gasteiger partial charge in [0.1, 0.15) is 11.4 Å². The molecule has 0 radical (unpaired) electrons. The summed E-state index contributed by atoms with van der Waals surface area (Å²) in [7, 11) is 0. The van der Waals surface area contributed by atoms with Crippen molar-refractivity contribution < 1.29 is 14.3 Å². The molecule has 0 spiro atoms. The van der Waals surface area contributed by atoms with E-state index in [-0.39, 0.29) is 11.8 Å². The van der Waals surface area contributed by atoms with Gasteiger partial charge in [-0.3, -0.25) is 4.79 Å². The first kappa shape index (κ1) is 11.2. The molecule has 0 atom stereocenters. The Bertz CT molecular complexity index is 402. The largest absolute Gasteiger partial charge is 0.469 e. The van der Waals surface area contributed by atoms with Crippen LogP contribution in [0.25, 0.3) is 0 Å². The van der Waals surface area contributed by atoms with Crippen LogP contribution in [0.15, 0.2) is 16.7 Å². The smallest absolute Gasteiger partial charge is 0.257 e. The van der Waals surface area contributed by atoms with E-state index in [4.69, 9.17) is 4.42 Å². The number of aryl methyl sites for hydroxylation is 1. The van der Waals surface area contributed by atoms with Crippen LogP contribution in [0, 0.1) is 12.8 Å². The van der Waals surface area contributed by atoms with Crippen LogP contribution in [-0.4, -0.2) is 34.6 Å². The Labute approximate surface area is 94.9 Å². The van der Waals surface area contributed by atoms with Gasteiger partial charge < -0.3 is 14.4 Å². The van der Waals surface area contributed by atoms with Crippen molar-refractivity contribution >= 4 is 5.91 Å². The van der Waals surface area contributed by atoms with E-state index in [9.17, 15) is 9.90 Å². The molecule has 4 nitrogen and oxygen atoms in total. The van der Waals surface area contributed by atoms with Crippen LogP contribution in [0.2, 0.25) is 0 Å². The fourth-order valence-electron chi connectivity index (χ4n) is 1.90. The van der Waals surface area contributed by atoms with Crippen LogP contribution >= 0.6 is 0 Å². The van der Waals surface area contributed by atoms with Crippen molar-refractivity contribution in [3.63, 3.8) is 0 Å². The van der Waals surface area contributed by atoms with Crippen LogP contribution in [-0.2, 0) is 0 Å². The van der Waals surface area contributed by atoms with Gasteiger partial charge in [-0.05, 0) is 18.9 Å². The Morgan fingerprint density at radius 1 is 1.56 bits per heavy atom. The summed E-state index contributed by atoms with van der Waals surface area (Å²) < 4.78 is 5.09. The summed E-state index contributed by atoms with van der Waals surface area (Å²) in [6.07, 6.45) is 1.51. The average Bonchev–Trinajstić information content (AvgIpc) is 2.58. The van der Waals surface area contributed by atoms with Gasteiger partial charge in [0.05, 0.1) is 24.9 Å². The molecule has 1 aliphatic heterocycles. The van der Waals surface area contributed by atoms with Gasteiger partial charge >= 0.3 is 0 Å². The van der Waals surface area contributed by atoms with Gasteiger partial charge in [-0.2, -0.15) is 0 Å². The van der Waals surface area contributed by atoms with Gasteiger partial charge in [-0.1, -0.05) is 13.8 Å². The summed E-state index contributed by atoms with van der Waals surface area (Å²) in [5.41, 5.74) is -0.126. The number of carbonyl (C=O) groups excluding carboxylic acids is 1. The fourth-order valence-corrected chi connectivity index (χ4v) is 1.90. The highest BCUT2D eigenvalue weighted by atomic mass is 16.3. The third-order valence-corrected chi connectivity index (χ3v) is 3.38. The monoisotopic (exact) mass is 223 g/mol. The Balaban J connectivity index is 2.04. The predicted octanol–water partition coefficient (Wildman–Crippen LogP) is 1.43. The van der Waals surface area contributed by atoms with Crippen LogP contribution < -0.4 is 0 Å². The molecule has 1 fully saturated rings. The van der Waals surface area contributed by atoms with E-state index < -0.39 is 5.60 Å². The van der Waals surface area contributed by atoms with Crippen molar-refractivity contribution in [2.45, 2.75) is 26.4 Å². The van der Waals surface area contributed by atoms with Gasteiger partial charge in [0.15, 0.2) is 0 Å². The first-order valence-electron chi connectivity index (χ1n) is 5.50. The lowest BCUT2D eigenvalue weighted by molar-refractivity contribution is -0.110. The number of aliphatic hydroxyl groups is 1. The molecule has 16 heavy (non-hydrogen) atoms. The van der Waals surface area contributed by atoms with Gasteiger partial charge in [0, 0.05) is 0 Å². The molecule has 88 valence electrons. The fraction of sp³-hybridized carbons (Fsp3) is 0.583. The van der Waals surface area contributed by atoms with Crippen LogP contribution in [0.1, 0.15) is 30.0 Å². The number of nitrogens with zero attached hydrogens (tertiary/aromatic N) is 1. The van der Waals surface area contributed by atoms with Crippen LogP contribution in [0.4, 0.5) is 0 Å². The minimum absolute atomic E-state index is 0.0587. The van der Waals surface area contributed by atoms with Crippen molar-refractivity contribution in [1.29, 1.82) is 0 Å². The summed E-state index contributed by atoms with van der Waals surface area (Å²) in [6.45, 7) is 6.51. The van der Waals surface area contributed by atoms with Gasteiger partial charge in [-0.25, -0.2) is 0 Å². The molecule has 1 aromatic heterocycles. The van der Waals surface area contributed by atoms with Crippen LogP contribution in [0.3, 0.4) is 0 Å². The lowest BCUT2D eigenvalue weighted by Gasteiger charge is -2.48. The Kier molecular flexibility index (Phi) is 2.54. The zero-order valence-electron chi connectivity index (χ0n) is 9.86. The molecule has 0 unspecified atom stereocenters. The first-order valence-corrected chi connectivity index (χ1v) is 5.50. The van der Waals surface area contributed by atoms with E-state index in [2.05, 4.69) is 0 Å². The zero-order valence-corrected chi connectivity index (χ0v) is 9.86. The van der Waals surface area contributed by atoms with Gasteiger partial charge in [-0.15, -0.1) is 0 Å². The van der Waals surface area contributed by atoms with Crippen molar-refractivity contribution in [3.05, 3.63) is 23.7 Å². The maximum absolute atomic E-state index is 12.0. The molecule has 1 aromatic rings. The van der Waals surface area contributed by atoms with E-state index in [1.165, 1.54) is 6.26 Å². The normalized spacial score (nSPS) is 18.7. The summed E-state index contributed by atoms with van der Waals surface area (Å²) >= 11 is 0. The number of likely N-dealkylation sites (tertiary alicyclic amines) is 1. The summed E-state index contributed by atoms with van der Waals surface area (Å²) in [4.78, 5) is 13.6. The number of hydrogen-bond donors (Lipinski definition) is 1. The summed E-state index contributed by atoms with van der Waals surface area (Å²) in [6, 6.07) is 1.67. The van der Waals surface area contributed by atoms with Gasteiger partial charge in [0.2, 0.25) is 0 Å². The maximum atomic E-state index is 12.0. The minimum Gasteiger partial charge on any atom is -0.469 e. The van der Waals surface area contributed by atoms with Crippen molar-refractivity contribution in [3.8, 4) is 0 Å². The zero-order chi connectivity index (χ0) is 11.9. The molecule has 0 aromatic carbocycles. The maximum Gasteiger partial charge on any atom is 0.257 e. The number of hydrogen-bond acceptors (Lipinski definition) is 3. The number of furan rings is 1. The number of β-amino-alcohol motifs (C(OH)–C–C–N with tert-alkyl or cyclic N) is 1. The Hall–Kier alpha value is -1.29. The Morgan fingerprint density at radius 3 is 2.62 bits per heavy atom. The molecule has 1 aliphatic rings. The highest BCUT2D eigenvalue weighted by Gasteiger charge is 2.46. The molecule has 1 amide bonds. The molecule has 2 rings (SSSR count). The van der Waals surface area contributed by atoms with Crippen molar-refractivity contribution in [2.24, 2.45) is 5.92 Å². The first-order chi connectivity index (χ1) is 7.44. The second-order valence-corrected chi connectivity index (χ2v) is 4.81. The topological polar surface area (TPSA) is 53.7 Å². The van der Waals surface area contributed by atoms with E-state index >= 15 is 0 Å².